The Morgan fingerprint density at radius 3 is 2.68 bits per heavy atom. The van der Waals surface area contributed by atoms with Gasteiger partial charge in [0, 0.05) is 37.6 Å². The van der Waals surface area contributed by atoms with E-state index in [0.717, 1.165) is 62.7 Å². The molecular formula is C16H27N3O2S. The fourth-order valence-corrected chi connectivity index (χ4v) is 4.34. The number of aliphatic hydroxyl groups is 2. The van der Waals surface area contributed by atoms with E-state index in [1.807, 2.05) is 5.38 Å². The highest BCUT2D eigenvalue weighted by atomic mass is 32.1. The molecule has 0 aromatic carbocycles. The topological polar surface area (TPSA) is 59.8 Å². The lowest BCUT2D eigenvalue weighted by Crippen LogP contribution is -2.45. The second kappa shape index (κ2) is 6.53. The third kappa shape index (κ3) is 3.51. The number of hydrogen-bond acceptors (Lipinski definition) is 6. The molecular weight excluding hydrogens is 298 g/mol. The SMILES string of the molecule is CC(C)N1CCC(O)(c2csc(CN3CCC(O)C3)n2)CC1. The van der Waals surface area contributed by atoms with Crippen molar-refractivity contribution >= 4 is 11.3 Å². The Bertz CT molecular complexity index is 497. The van der Waals surface area contributed by atoms with Gasteiger partial charge in [-0.05, 0) is 33.1 Å². The third-order valence-electron chi connectivity index (χ3n) is 4.99. The first kappa shape index (κ1) is 16.3. The van der Waals surface area contributed by atoms with Crippen LogP contribution in [0.2, 0.25) is 0 Å². The Kier molecular flexibility index (Phi) is 4.85. The van der Waals surface area contributed by atoms with Gasteiger partial charge < -0.3 is 15.1 Å². The van der Waals surface area contributed by atoms with Crippen LogP contribution in [0.15, 0.2) is 5.38 Å². The Morgan fingerprint density at radius 2 is 2.09 bits per heavy atom. The minimum absolute atomic E-state index is 0.191. The Hall–Kier alpha value is -0.530. The zero-order valence-electron chi connectivity index (χ0n) is 13.5. The smallest absolute Gasteiger partial charge is 0.110 e. The molecule has 0 spiro atoms. The summed E-state index contributed by atoms with van der Waals surface area (Å²) in [5.74, 6) is 0. The van der Waals surface area contributed by atoms with Gasteiger partial charge in [0.05, 0.1) is 18.3 Å². The maximum atomic E-state index is 10.9. The van der Waals surface area contributed by atoms with Gasteiger partial charge in [-0.1, -0.05) is 0 Å². The van der Waals surface area contributed by atoms with Crippen molar-refractivity contribution in [2.45, 2.75) is 57.4 Å². The van der Waals surface area contributed by atoms with Crippen molar-refractivity contribution in [1.82, 2.24) is 14.8 Å². The van der Waals surface area contributed by atoms with Gasteiger partial charge in [-0.3, -0.25) is 4.90 Å². The van der Waals surface area contributed by atoms with Crippen LogP contribution >= 0.6 is 11.3 Å². The maximum absolute atomic E-state index is 10.9. The molecule has 2 fully saturated rings. The van der Waals surface area contributed by atoms with Gasteiger partial charge in [0.25, 0.3) is 0 Å². The minimum Gasteiger partial charge on any atom is -0.392 e. The number of aromatic nitrogens is 1. The van der Waals surface area contributed by atoms with Crippen molar-refractivity contribution in [1.29, 1.82) is 0 Å². The standard InChI is InChI=1S/C16H27N3O2S/c1-12(2)19-7-4-16(21,5-8-19)14-11-22-15(17-14)10-18-6-3-13(20)9-18/h11-13,20-21H,3-10H2,1-2H3. The fourth-order valence-electron chi connectivity index (χ4n) is 3.41. The second-order valence-electron chi connectivity index (χ2n) is 6.97. The Balaban J connectivity index is 1.61. The molecule has 22 heavy (non-hydrogen) atoms. The lowest BCUT2D eigenvalue weighted by Gasteiger charge is -2.39. The zero-order valence-corrected chi connectivity index (χ0v) is 14.3. The van der Waals surface area contributed by atoms with Crippen molar-refractivity contribution < 1.29 is 10.2 Å². The van der Waals surface area contributed by atoms with Crippen LogP contribution in [0.25, 0.3) is 0 Å². The quantitative estimate of drug-likeness (QED) is 0.876. The monoisotopic (exact) mass is 325 g/mol. The van der Waals surface area contributed by atoms with E-state index >= 15 is 0 Å². The van der Waals surface area contributed by atoms with Crippen LogP contribution in [0.1, 0.15) is 43.8 Å². The van der Waals surface area contributed by atoms with Gasteiger partial charge in [-0.15, -0.1) is 11.3 Å². The van der Waals surface area contributed by atoms with Crippen LogP contribution in [0.5, 0.6) is 0 Å². The normalized spacial score (nSPS) is 26.9. The molecule has 1 aromatic heterocycles. The summed E-state index contributed by atoms with van der Waals surface area (Å²) in [4.78, 5) is 9.34. The summed E-state index contributed by atoms with van der Waals surface area (Å²) in [5.41, 5.74) is 0.0839. The van der Waals surface area contributed by atoms with Crippen molar-refractivity contribution in [3.8, 4) is 0 Å². The molecule has 6 heteroatoms. The number of nitrogens with zero attached hydrogens (tertiary/aromatic N) is 3. The number of hydrogen-bond donors (Lipinski definition) is 2. The number of piperidine rings is 1. The largest absolute Gasteiger partial charge is 0.392 e. The van der Waals surface area contributed by atoms with Crippen LogP contribution in [-0.2, 0) is 12.1 Å². The number of likely N-dealkylation sites (tertiary alicyclic amines) is 2. The van der Waals surface area contributed by atoms with Crippen LogP contribution < -0.4 is 0 Å². The van der Waals surface area contributed by atoms with E-state index in [2.05, 4.69) is 23.6 Å². The molecule has 1 aromatic rings. The van der Waals surface area contributed by atoms with Crippen molar-refractivity contribution in [2.24, 2.45) is 0 Å². The predicted octanol–water partition coefficient (Wildman–Crippen LogP) is 1.40. The first-order valence-corrected chi connectivity index (χ1v) is 9.16. The molecule has 3 heterocycles. The van der Waals surface area contributed by atoms with Gasteiger partial charge in [0.2, 0.25) is 0 Å². The zero-order chi connectivity index (χ0) is 15.7. The third-order valence-corrected chi connectivity index (χ3v) is 5.82. The molecule has 2 saturated heterocycles. The first-order valence-electron chi connectivity index (χ1n) is 8.28. The highest BCUT2D eigenvalue weighted by Gasteiger charge is 2.36. The summed E-state index contributed by atoms with van der Waals surface area (Å²) in [7, 11) is 0. The van der Waals surface area contributed by atoms with Gasteiger partial charge in [-0.25, -0.2) is 4.98 Å². The molecule has 2 aliphatic heterocycles. The average molecular weight is 325 g/mol. The summed E-state index contributed by atoms with van der Waals surface area (Å²) in [6.07, 6.45) is 2.19. The summed E-state index contributed by atoms with van der Waals surface area (Å²) >= 11 is 1.63. The van der Waals surface area contributed by atoms with Crippen LogP contribution in [0.3, 0.4) is 0 Å². The van der Waals surface area contributed by atoms with Crippen molar-refractivity contribution in [2.75, 3.05) is 26.2 Å². The molecule has 0 radical (unpaired) electrons. The van der Waals surface area contributed by atoms with Crippen LogP contribution in [0, 0.1) is 0 Å². The first-order chi connectivity index (χ1) is 10.5. The molecule has 2 N–H and O–H groups in total. The highest BCUT2D eigenvalue weighted by molar-refractivity contribution is 7.09. The number of thiazole rings is 1. The maximum Gasteiger partial charge on any atom is 0.110 e. The van der Waals surface area contributed by atoms with E-state index in [1.54, 1.807) is 11.3 Å². The molecule has 0 amide bonds. The summed E-state index contributed by atoms with van der Waals surface area (Å²) < 4.78 is 0. The molecule has 1 unspecified atom stereocenters. The molecule has 124 valence electrons. The Labute approximate surface area is 136 Å². The summed E-state index contributed by atoms with van der Waals surface area (Å²) in [5, 5.41) is 23.6. The van der Waals surface area contributed by atoms with Crippen molar-refractivity contribution in [3.05, 3.63) is 16.1 Å². The number of aliphatic hydroxyl groups excluding tert-OH is 1. The summed E-state index contributed by atoms with van der Waals surface area (Å²) in [6.45, 7) is 8.73. The van der Waals surface area contributed by atoms with Crippen molar-refractivity contribution in [3.63, 3.8) is 0 Å². The van der Waals surface area contributed by atoms with Gasteiger partial charge >= 0.3 is 0 Å². The average Bonchev–Trinajstić information content (AvgIpc) is 3.09. The molecule has 2 aliphatic rings. The van der Waals surface area contributed by atoms with Gasteiger partial charge in [0.15, 0.2) is 0 Å². The van der Waals surface area contributed by atoms with E-state index in [-0.39, 0.29) is 6.10 Å². The van der Waals surface area contributed by atoms with Crippen LogP contribution in [0.4, 0.5) is 0 Å². The number of β-amino-alcohol motifs (C(OH)–C–C–N with tert-alkyl or cyclic N) is 1. The van der Waals surface area contributed by atoms with E-state index in [1.165, 1.54) is 0 Å². The van der Waals surface area contributed by atoms with E-state index in [9.17, 15) is 10.2 Å². The van der Waals surface area contributed by atoms with E-state index in [4.69, 9.17) is 4.98 Å². The molecule has 1 atom stereocenters. The van der Waals surface area contributed by atoms with E-state index in [0.29, 0.717) is 6.04 Å². The lowest BCUT2D eigenvalue weighted by atomic mass is 9.88. The predicted molar refractivity (Wildman–Crippen MR) is 87.9 cm³/mol. The lowest BCUT2D eigenvalue weighted by molar-refractivity contribution is -0.0353. The fraction of sp³-hybridized carbons (Fsp3) is 0.812. The van der Waals surface area contributed by atoms with Crippen LogP contribution in [-0.4, -0.2) is 63.3 Å². The minimum atomic E-state index is -0.759. The Morgan fingerprint density at radius 1 is 1.36 bits per heavy atom. The molecule has 0 saturated carbocycles. The number of rotatable bonds is 4. The molecule has 0 bridgehead atoms. The van der Waals surface area contributed by atoms with Gasteiger partial charge in [-0.2, -0.15) is 0 Å². The molecule has 3 rings (SSSR count). The van der Waals surface area contributed by atoms with E-state index < -0.39 is 5.60 Å². The molecule has 5 nitrogen and oxygen atoms in total. The highest BCUT2D eigenvalue weighted by Crippen LogP contribution is 2.34. The molecule has 0 aliphatic carbocycles. The second-order valence-corrected chi connectivity index (χ2v) is 7.91. The summed E-state index contributed by atoms with van der Waals surface area (Å²) in [6, 6.07) is 0.539. The van der Waals surface area contributed by atoms with Gasteiger partial charge in [0.1, 0.15) is 10.6 Å².